The molecule has 0 saturated carbocycles. The molecule has 0 radical (unpaired) electrons. The monoisotopic (exact) mass is 482 g/mol. The van der Waals surface area contributed by atoms with E-state index >= 15 is 0 Å². The van der Waals surface area contributed by atoms with Gasteiger partial charge in [0.1, 0.15) is 0 Å². The summed E-state index contributed by atoms with van der Waals surface area (Å²) in [6, 6.07) is 19.6. The maximum atomic E-state index is 12.3. The van der Waals surface area contributed by atoms with Crippen molar-refractivity contribution >= 4 is 33.2 Å². The molecule has 6 heteroatoms. The van der Waals surface area contributed by atoms with E-state index in [4.69, 9.17) is 9.47 Å². The summed E-state index contributed by atoms with van der Waals surface area (Å²) in [7, 11) is 0. The summed E-state index contributed by atoms with van der Waals surface area (Å²) in [5.41, 5.74) is 5.16. The van der Waals surface area contributed by atoms with Gasteiger partial charge in [0.15, 0.2) is 18.1 Å². The lowest BCUT2D eigenvalue weighted by Crippen LogP contribution is -2.20. The average Bonchev–Trinajstić information content (AvgIpc) is 2.75. The van der Waals surface area contributed by atoms with Gasteiger partial charge in [-0.3, -0.25) is 4.79 Å². The van der Waals surface area contributed by atoms with Gasteiger partial charge in [0.25, 0.3) is 5.91 Å². The van der Waals surface area contributed by atoms with Crippen LogP contribution in [-0.2, 0) is 11.3 Å². The molecule has 0 aliphatic rings. The van der Waals surface area contributed by atoms with Crippen LogP contribution in [0.5, 0.6) is 11.5 Å². The molecule has 0 spiro atoms. The van der Waals surface area contributed by atoms with Gasteiger partial charge in [0.2, 0.25) is 0 Å². The Bertz CT molecular complexity index is 1040. The standard InChI is InChI=1S/C25H27BrN2O3/c1-4-30-24-14-19(15-27-21-10-7-20(26)8-11-21)6-12-23(24)31-16-25(29)28-22-9-5-17(2)18(3)13-22/h5-14,27H,4,15-16H2,1-3H3,(H,28,29). The SMILES string of the molecule is CCOc1cc(CNc2ccc(Br)cc2)ccc1OCC(=O)Nc1ccc(C)c(C)c1. The van der Waals surface area contributed by atoms with Gasteiger partial charge in [-0.2, -0.15) is 0 Å². The van der Waals surface area contributed by atoms with Gasteiger partial charge in [-0.25, -0.2) is 0 Å². The van der Waals surface area contributed by atoms with Crippen LogP contribution in [0.2, 0.25) is 0 Å². The molecule has 0 aliphatic heterocycles. The molecule has 31 heavy (non-hydrogen) atoms. The Kier molecular flexibility index (Phi) is 7.95. The molecule has 1 amide bonds. The first kappa shape index (κ1) is 22.7. The van der Waals surface area contributed by atoms with Crippen molar-refractivity contribution in [1.29, 1.82) is 0 Å². The molecule has 0 bridgehead atoms. The van der Waals surface area contributed by atoms with Crippen molar-refractivity contribution in [1.82, 2.24) is 0 Å². The minimum Gasteiger partial charge on any atom is -0.490 e. The zero-order valence-corrected chi connectivity index (χ0v) is 19.6. The molecule has 0 atom stereocenters. The van der Waals surface area contributed by atoms with Crippen LogP contribution in [-0.4, -0.2) is 19.1 Å². The Morgan fingerprint density at radius 1 is 0.871 bits per heavy atom. The molecule has 0 saturated heterocycles. The molecule has 0 fully saturated rings. The van der Waals surface area contributed by atoms with E-state index in [1.165, 1.54) is 5.56 Å². The number of rotatable bonds is 9. The summed E-state index contributed by atoms with van der Waals surface area (Å²) in [6.07, 6.45) is 0. The molecule has 0 heterocycles. The van der Waals surface area contributed by atoms with E-state index in [2.05, 4.69) is 26.6 Å². The van der Waals surface area contributed by atoms with E-state index in [0.717, 1.165) is 27.0 Å². The number of benzene rings is 3. The van der Waals surface area contributed by atoms with E-state index in [-0.39, 0.29) is 12.5 Å². The van der Waals surface area contributed by atoms with Crippen molar-refractivity contribution in [3.05, 3.63) is 81.8 Å². The van der Waals surface area contributed by atoms with Gasteiger partial charge in [0.05, 0.1) is 6.61 Å². The van der Waals surface area contributed by atoms with Crippen LogP contribution in [0.1, 0.15) is 23.6 Å². The van der Waals surface area contributed by atoms with Crippen LogP contribution < -0.4 is 20.1 Å². The van der Waals surface area contributed by atoms with E-state index in [9.17, 15) is 4.79 Å². The van der Waals surface area contributed by atoms with Crippen LogP contribution in [0.15, 0.2) is 65.1 Å². The molecule has 3 rings (SSSR count). The van der Waals surface area contributed by atoms with E-state index in [1.807, 2.05) is 81.4 Å². The molecule has 3 aromatic carbocycles. The lowest BCUT2D eigenvalue weighted by Gasteiger charge is -2.14. The number of anilines is 2. The summed E-state index contributed by atoms with van der Waals surface area (Å²) < 4.78 is 12.5. The van der Waals surface area contributed by atoms with Crippen molar-refractivity contribution in [2.24, 2.45) is 0 Å². The van der Waals surface area contributed by atoms with Crippen LogP contribution in [0, 0.1) is 13.8 Å². The topological polar surface area (TPSA) is 59.6 Å². The summed E-state index contributed by atoms with van der Waals surface area (Å²) in [4.78, 5) is 12.3. The number of hydrogen-bond acceptors (Lipinski definition) is 4. The Morgan fingerprint density at radius 2 is 1.61 bits per heavy atom. The molecular weight excluding hydrogens is 456 g/mol. The van der Waals surface area contributed by atoms with E-state index < -0.39 is 0 Å². The van der Waals surface area contributed by atoms with Gasteiger partial charge in [-0.05, 0) is 86.0 Å². The highest BCUT2D eigenvalue weighted by molar-refractivity contribution is 9.10. The number of aryl methyl sites for hydroxylation is 2. The molecule has 3 aromatic rings. The zero-order chi connectivity index (χ0) is 22.2. The maximum Gasteiger partial charge on any atom is 0.262 e. The second kappa shape index (κ2) is 10.9. The van der Waals surface area contributed by atoms with E-state index in [1.54, 1.807) is 0 Å². The number of hydrogen-bond donors (Lipinski definition) is 2. The van der Waals surface area contributed by atoms with Gasteiger partial charge in [0, 0.05) is 22.4 Å². The summed E-state index contributed by atoms with van der Waals surface area (Å²) in [5, 5.41) is 6.25. The average molecular weight is 483 g/mol. The van der Waals surface area contributed by atoms with Gasteiger partial charge >= 0.3 is 0 Å². The van der Waals surface area contributed by atoms with Crippen molar-refractivity contribution in [2.75, 3.05) is 23.8 Å². The quantitative estimate of drug-likeness (QED) is 0.387. The third kappa shape index (κ3) is 6.76. The Balaban J connectivity index is 1.60. The number of halogens is 1. The second-order valence-electron chi connectivity index (χ2n) is 7.21. The predicted octanol–water partition coefficient (Wildman–Crippen LogP) is 6.09. The summed E-state index contributed by atoms with van der Waals surface area (Å²) in [5.74, 6) is 0.952. The highest BCUT2D eigenvalue weighted by atomic mass is 79.9. The van der Waals surface area contributed by atoms with Crippen LogP contribution in [0.4, 0.5) is 11.4 Å². The lowest BCUT2D eigenvalue weighted by molar-refractivity contribution is -0.118. The van der Waals surface area contributed by atoms with Crippen molar-refractivity contribution < 1.29 is 14.3 Å². The van der Waals surface area contributed by atoms with Crippen LogP contribution in [0.25, 0.3) is 0 Å². The van der Waals surface area contributed by atoms with Crippen LogP contribution >= 0.6 is 15.9 Å². The first-order chi connectivity index (χ1) is 14.9. The fraction of sp³-hybridized carbons (Fsp3) is 0.240. The second-order valence-corrected chi connectivity index (χ2v) is 8.13. The van der Waals surface area contributed by atoms with Crippen molar-refractivity contribution in [2.45, 2.75) is 27.3 Å². The highest BCUT2D eigenvalue weighted by Crippen LogP contribution is 2.29. The molecule has 0 aliphatic carbocycles. The van der Waals surface area contributed by atoms with Crippen molar-refractivity contribution in [3.63, 3.8) is 0 Å². The van der Waals surface area contributed by atoms with Crippen LogP contribution in [0.3, 0.4) is 0 Å². The normalized spacial score (nSPS) is 10.5. The molecular formula is C25H27BrN2O3. The minimum absolute atomic E-state index is 0.0938. The maximum absolute atomic E-state index is 12.3. The first-order valence-electron chi connectivity index (χ1n) is 10.2. The van der Waals surface area contributed by atoms with Crippen molar-refractivity contribution in [3.8, 4) is 11.5 Å². The Hall–Kier alpha value is -2.99. The van der Waals surface area contributed by atoms with Gasteiger partial charge in [-0.15, -0.1) is 0 Å². The Morgan fingerprint density at radius 3 is 2.32 bits per heavy atom. The summed E-state index contributed by atoms with van der Waals surface area (Å²) >= 11 is 3.44. The predicted molar refractivity (Wildman–Crippen MR) is 129 cm³/mol. The number of ether oxygens (including phenoxy) is 2. The van der Waals surface area contributed by atoms with Gasteiger partial charge < -0.3 is 20.1 Å². The largest absolute Gasteiger partial charge is 0.490 e. The smallest absolute Gasteiger partial charge is 0.262 e. The third-order valence-corrected chi connectivity index (χ3v) is 5.33. The number of carbonyl (C=O) groups is 1. The molecule has 5 nitrogen and oxygen atoms in total. The lowest BCUT2D eigenvalue weighted by atomic mass is 10.1. The molecule has 0 aromatic heterocycles. The Labute approximate surface area is 191 Å². The minimum atomic E-state index is -0.216. The molecule has 2 N–H and O–H groups in total. The fourth-order valence-electron chi connectivity index (χ4n) is 2.98. The zero-order valence-electron chi connectivity index (χ0n) is 18.0. The van der Waals surface area contributed by atoms with E-state index in [0.29, 0.717) is 24.7 Å². The molecule has 162 valence electrons. The number of nitrogens with one attached hydrogen (secondary N) is 2. The third-order valence-electron chi connectivity index (χ3n) is 4.80. The fourth-order valence-corrected chi connectivity index (χ4v) is 3.25. The molecule has 0 unspecified atom stereocenters. The number of amides is 1. The first-order valence-corrected chi connectivity index (χ1v) is 11.0. The number of carbonyl (C=O) groups excluding carboxylic acids is 1. The highest BCUT2D eigenvalue weighted by Gasteiger charge is 2.10. The summed E-state index contributed by atoms with van der Waals surface area (Å²) in [6.45, 7) is 7.04. The van der Waals surface area contributed by atoms with Gasteiger partial charge in [-0.1, -0.05) is 28.1 Å².